The maximum atomic E-state index is 11.8. The standard InChI is InChI=1S/C16H20N4O3S/c1-3-14-18-13(10-24-14)8-9-17-15(21)19-11-4-6-12(7-5-11)20-16(22)23-2/h4-7,10H,3,8-9H2,1-2H3,(H,20,22)(H2,17,19,21). The molecule has 0 atom stereocenters. The zero-order valence-electron chi connectivity index (χ0n) is 13.6. The van der Waals surface area contributed by atoms with E-state index in [1.165, 1.54) is 7.11 Å². The number of amides is 3. The maximum Gasteiger partial charge on any atom is 0.411 e. The summed E-state index contributed by atoms with van der Waals surface area (Å²) < 4.78 is 4.50. The number of ether oxygens (including phenoxy) is 1. The van der Waals surface area contributed by atoms with Crippen LogP contribution >= 0.6 is 11.3 Å². The van der Waals surface area contributed by atoms with E-state index in [0.29, 0.717) is 24.3 Å². The van der Waals surface area contributed by atoms with Gasteiger partial charge in [-0.3, -0.25) is 5.32 Å². The summed E-state index contributed by atoms with van der Waals surface area (Å²) in [4.78, 5) is 27.4. The number of methoxy groups -OCH3 is 1. The molecule has 2 rings (SSSR count). The van der Waals surface area contributed by atoms with Gasteiger partial charge in [0.15, 0.2) is 0 Å². The Bertz CT molecular complexity index is 685. The maximum absolute atomic E-state index is 11.8. The van der Waals surface area contributed by atoms with Crippen LogP contribution in [0.4, 0.5) is 21.0 Å². The van der Waals surface area contributed by atoms with Crippen LogP contribution in [0, 0.1) is 0 Å². The van der Waals surface area contributed by atoms with E-state index < -0.39 is 6.09 Å². The number of aryl methyl sites for hydroxylation is 1. The average Bonchev–Trinajstić information content (AvgIpc) is 3.04. The van der Waals surface area contributed by atoms with Gasteiger partial charge in [-0.25, -0.2) is 14.6 Å². The Balaban J connectivity index is 1.74. The molecule has 24 heavy (non-hydrogen) atoms. The Hall–Kier alpha value is -2.61. The van der Waals surface area contributed by atoms with Gasteiger partial charge in [-0.1, -0.05) is 6.92 Å². The molecule has 3 N–H and O–H groups in total. The Morgan fingerprint density at radius 3 is 2.42 bits per heavy atom. The van der Waals surface area contributed by atoms with Crippen LogP contribution in [-0.2, 0) is 17.6 Å². The van der Waals surface area contributed by atoms with Crippen molar-refractivity contribution in [3.05, 3.63) is 40.3 Å². The Morgan fingerprint density at radius 2 is 1.83 bits per heavy atom. The summed E-state index contributed by atoms with van der Waals surface area (Å²) in [5, 5.41) is 11.2. The molecule has 0 radical (unpaired) electrons. The van der Waals surface area contributed by atoms with Crippen molar-refractivity contribution in [2.24, 2.45) is 0 Å². The van der Waals surface area contributed by atoms with Crippen molar-refractivity contribution in [1.82, 2.24) is 10.3 Å². The predicted molar refractivity (Wildman–Crippen MR) is 94.7 cm³/mol. The van der Waals surface area contributed by atoms with Gasteiger partial charge in [0.1, 0.15) is 0 Å². The lowest BCUT2D eigenvalue weighted by Gasteiger charge is -2.08. The topological polar surface area (TPSA) is 92.4 Å². The molecule has 0 fully saturated rings. The van der Waals surface area contributed by atoms with Gasteiger partial charge < -0.3 is 15.4 Å². The molecule has 8 heteroatoms. The van der Waals surface area contributed by atoms with E-state index in [-0.39, 0.29) is 6.03 Å². The lowest BCUT2D eigenvalue weighted by atomic mass is 10.3. The third kappa shape index (κ3) is 5.54. The second kappa shape index (κ2) is 8.88. The van der Waals surface area contributed by atoms with Crippen LogP contribution in [0.1, 0.15) is 17.6 Å². The molecule has 1 aromatic heterocycles. The zero-order valence-corrected chi connectivity index (χ0v) is 14.4. The molecular formula is C16H20N4O3S. The lowest BCUT2D eigenvalue weighted by molar-refractivity contribution is 0.187. The van der Waals surface area contributed by atoms with Crippen LogP contribution in [-0.4, -0.2) is 30.8 Å². The normalized spacial score (nSPS) is 10.1. The number of benzene rings is 1. The van der Waals surface area contributed by atoms with Crippen molar-refractivity contribution in [3.63, 3.8) is 0 Å². The highest BCUT2D eigenvalue weighted by Crippen LogP contribution is 2.14. The molecule has 7 nitrogen and oxygen atoms in total. The molecule has 1 heterocycles. The number of rotatable bonds is 6. The van der Waals surface area contributed by atoms with Gasteiger partial charge in [-0.15, -0.1) is 11.3 Å². The van der Waals surface area contributed by atoms with Gasteiger partial charge in [-0.05, 0) is 30.7 Å². The number of aromatic nitrogens is 1. The van der Waals surface area contributed by atoms with Crippen molar-refractivity contribution in [2.75, 3.05) is 24.3 Å². The summed E-state index contributed by atoms with van der Waals surface area (Å²) in [6.07, 6.45) is 1.09. The molecule has 0 spiro atoms. The molecule has 0 aliphatic heterocycles. The van der Waals surface area contributed by atoms with Crippen LogP contribution in [0.25, 0.3) is 0 Å². The first-order valence-electron chi connectivity index (χ1n) is 7.54. The molecule has 0 saturated carbocycles. The van der Waals surface area contributed by atoms with Crippen molar-refractivity contribution in [3.8, 4) is 0 Å². The number of nitrogens with zero attached hydrogens (tertiary/aromatic N) is 1. The largest absolute Gasteiger partial charge is 0.453 e. The second-order valence-electron chi connectivity index (χ2n) is 4.91. The van der Waals surface area contributed by atoms with Crippen LogP contribution in [0.2, 0.25) is 0 Å². The van der Waals surface area contributed by atoms with Crippen molar-refractivity contribution in [1.29, 1.82) is 0 Å². The molecular weight excluding hydrogens is 328 g/mol. The van der Waals surface area contributed by atoms with Gasteiger partial charge >= 0.3 is 12.1 Å². The minimum absolute atomic E-state index is 0.283. The lowest BCUT2D eigenvalue weighted by Crippen LogP contribution is -2.30. The van der Waals surface area contributed by atoms with E-state index in [4.69, 9.17) is 0 Å². The molecule has 3 amide bonds. The van der Waals surface area contributed by atoms with E-state index in [2.05, 4.69) is 32.6 Å². The Labute approximate surface area is 144 Å². The second-order valence-corrected chi connectivity index (χ2v) is 5.85. The van der Waals surface area contributed by atoms with E-state index in [9.17, 15) is 9.59 Å². The van der Waals surface area contributed by atoms with Crippen molar-refractivity contribution in [2.45, 2.75) is 19.8 Å². The fraction of sp³-hybridized carbons (Fsp3) is 0.312. The zero-order chi connectivity index (χ0) is 17.4. The number of anilines is 2. The summed E-state index contributed by atoms with van der Waals surface area (Å²) in [7, 11) is 1.30. The number of carbonyl (C=O) groups is 2. The van der Waals surface area contributed by atoms with Crippen LogP contribution in [0.5, 0.6) is 0 Å². The summed E-state index contributed by atoms with van der Waals surface area (Å²) in [6.45, 7) is 2.58. The van der Waals surface area contributed by atoms with Crippen molar-refractivity contribution >= 4 is 34.8 Å². The number of carbonyl (C=O) groups excluding carboxylic acids is 2. The van der Waals surface area contributed by atoms with Crippen LogP contribution in [0.3, 0.4) is 0 Å². The summed E-state index contributed by atoms with van der Waals surface area (Å²) in [5.74, 6) is 0. The van der Waals surface area contributed by atoms with Gasteiger partial charge in [-0.2, -0.15) is 0 Å². The third-order valence-electron chi connectivity index (χ3n) is 3.14. The van der Waals surface area contributed by atoms with Crippen LogP contribution < -0.4 is 16.0 Å². The third-order valence-corrected chi connectivity index (χ3v) is 4.18. The highest BCUT2D eigenvalue weighted by molar-refractivity contribution is 7.09. The molecule has 0 aliphatic rings. The minimum atomic E-state index is -0.540. The van der Waals surface area contributed by atoms with Gasteiger partial charge in [0.2, 0.25) is 0 Å². The summed E-state index contributed by atoms with van der Waals surface area (Å²) in [5.41, 5.74) is 2.21. The Morgan fingerprint density at radius 1 is 1.17 bits per heavy atom. The number of hydrogen-bond acceptors (Lipinski definition) is 5. The highest BCUT2D eigenvalue weighted by Gasteiger charge is 2.05. The molecule has 0 aliphatic carbocycles. The predicted octanol–water partition coefficient (Wildman–Crippen LogP) is 3.25. The smallest absolute Gasteiger partial charge is 0.411 e. The summed E-state index contributed by atoms with van der Waals surface area (Å²) >= 11 is 1.64. The van der Waals surface area contributed by atoms with Gasteiger partial charge in [0.05, 0.1) is 17.8 Å². The summed E-state index contributed by atoms with van der Waals surface area (Å²) in [6, 6.07) is 6.45. The number of thiazole rings is 1. The molecule has 1 aromatic carbocycles. The first-order valence-corrected chi connectivity index (χ1v) is 8.42. The van der Waals surface area contributed by atoms with E-state index in [1.807, 2.05) is 5.38 Å². The average molecular weight is 348 g/mol. The van der Waals surface area contributed by atoms with E-state index in [1.54, 1.807) is 35.6 Å². The number of nitrogens with one attached hydrogen (secondary N) is 3. The molecule has 2 aromatic rings. The Kier molecular flexibility index (Phi) is 6.56. The number of hydrogen-bond donors (Lipinski definition) is 3. The first kappa shape index (κ1) is 17.7. The minimum Gasteiger partial charge on any atom is -0.453 e. The fourth-order valence-electron chi connectivity index (χ4n) is 1.91. The molecule has 128 valence electrons. The van der Waals surface area contributed by atoms with Gasteiger partial charge in [0.25, 0.3) is 0 Å². The van der Waals surface area contributed by atoms with Crippen molar-refractivity contribution < 1.29 is 14.3 Å². The quantitative estimate of drug-likeness (QED) is 0.747. The molecule has 0 saturated heterocycles. The van der Waals surface area contributed by atoms with E-state index >= 15 is 0 Å². The number of urea groups is 1. The SMILES string of the molecule is CCc1nc(CCNC(=O)Nc2ccc(NC(=O)OC)cc2)cs1. The molecule has 0 unspecified atom stereocenters. The highest BCUT2D eigenvalue weighted by atomic mass is 32.1. The monoisotopic (exact) mass is 348 g/mol. The fourth-order valence-corrected chi connectivity index (χ4v) is 2.69. The van der Waals surface area contributed by atoms with E-state index in [0.717, 1.165) is 17.1 Å². The molecule has 0 bridgehead atoms. The van der Waals surface area contributed by atoms with Gasteiger partial charge in [0, 0.05) is 29.7 Å². The first-order chi connectivity index (χ1) is 11.6. The van der Waals surface area contributed by atoms with Crippen LogP contribution in [0.15, 0.2) is 29.6 Å².